The van der Waals surface area contributed by atoms with E-state index in [0.29, 0.717) is 18.3 Å². The molecule has 0 fully saturated rings. The van der Waals surface area contributed by atoms with Gasteiger partial charge in [0.25, 0.3) is 0 Å². The Kier molecular flexibility index (Phi) is 3.26. The largest absolute Gasteiger partial charge is 0.339 e. The highest BCUT2D eigenvalue weighted by Crippen LogP contribution is 2.23. The maximum Gasteiger partial charge on any atom is 0.307 e. The summed E-state index contributed by atoms with van der Waals surface area (Å²) in [5, 5.41) is 3.96. The lowest BCUT2D eigenvalue weighted by molar-refractivity contribution is 0.359. The third-order valence-electron chi connectivity index (χ3n) is 3.42. The molecule has 0 aliphatic heterocycles. The molecular weight excluding hydrogens is 262 g/mol. The standard InChI is InChI=1S/C13H17N3O2S/c1-8(2)12-14-11(15-18-12)7-16-9-5-3-4-6-10(9)19-13(16)17/h8H,3-7H2,1-2H3. The van der Waals surface area contributed by atoms with Crippen molar-refractivity contribution in [2.75, 3.05) is 0 Å². The first kappa shape index (κ1) is 12.6. The van der Waals surface area contributed by atoms with Gasteiger partial charge >= 0.3 is 4.87 Å². The molecule has 6 heteroatoms. The molecule has 0 unspecified atom stereocenters. The first-order valence-electron chi connectivity index (χ1n) is 6.69. The zero-order chi connectivity index (χ0) is 13.4. The van der Waals surface area contributed by atoms with Crippen LogP contribution in [-0.4, -0.2) is 14.7 Å². The Hall–Kier alpha value is -1.43. The Bertz CT molecular complexity index is 639. The average molecular weight is 279 g/mol. The molecule has 2 aromatic rings. The predicted octanol–water partition coefficient (Wildman–Crippen LogP) is 2.34. The van der Waals surface area contributed by atoms with Crippen LogP contribution in [0.25, 0.3) is 0 Å². The molecule has 0 amide bonds. The van der Waals surface area contributed by atoms with Crippen LogP contribution in [0.3, 0.4) is 0 Å². The van der Waals surface area contributed by atoms with E-state index < -0.39 is 0 Å². The van der Waals surface area contributed by atoms with E-state index in [1.54, 1.807) is 0 Å². The minimum atomic E-state index is 0.0998. The minimum Gasteiger partial charge on any atom is -0.339 e. The van der Waals surface area contributed by atoms with Crippen LogP contribution in [-0.2, 0) is 19.4 Å². The quantitative estimate of drug-likeness (QED) is 0.865. The van der Waals surface area contributed by atoms with Gasteiger partial charge in [-0.2, -0.15) is 4.98 Å². The number of rotatable bonds is 3. The molecule has 0 aromatic carbocycles. The molecule has 0 saturated carbocycles. The molecular formula is C13H17N3O2S. The van der Waals surface area contributed by atoms with Crippen molar-refractivity contribution in [3.8, 4) is 0 Å². The topological polar surface area (TPSA) is 60.9 Å². The zero-order valence-corrected chi connectivity index (χ0v) is 12.0. The maximum atomic E-state index is 12.0. The Morgan fingerprint density at radius 1 is 1.37 bits per heavy atom. The lowest BCUT2D eigenvalue weighted by Crippen LogP contribution is -2.18. The Morgan fingerprint density at radius 3 is 2.89 bits per heavy atom. The van der Waals surface area contributed by atoms with Crippen molar-refractivity contribution in [3.63, 3.8) is 0 Å². The monoisotopic (exact) mass is 279 g/mol. The van der Waals surface area contributed by atoms with Gasteiger partial charge in [-0.15, -0.1) is 0 Å². The van der Waals surface area contributed by atoms with Gasteiger partial charge in [-0.05, 0) is 25.7 Å². The van der Waals surface area contributed by atoms with Crippen molar-refractivity contribution < 1.29 is 4.52 Å². The van der Waals surface area contributed by atoms with Crippen molar-refractivity contribution in [1.29, 1.82) is 0 Å². The van der Waals surface area contributed by atoms with E-state index >= 15 is 0 Å². The fraction of sp³-hybridized carbons (Fsp3) is 0.615. The summed E-state index contributed by atoms with van der Waals surface area (Å²) < 4.78 is 7.00. The van der Waals surface area contributed by atoms with E-state index in [-0.39, 0.29) is 10.8 Å². The molecule has 0 spiro atoms. The van der Waals surface area contributed by atoms with Gasteiger partial charge in [0.05, 0.1) is 6.54 Å². The molecule has 0 saturated heterocycles. The highest BCUT2D eigenvalue weighted by molar-refractivity contribution is 7.09. The number of thiazole rings is 1. The SMILES string of the molecule is CC(C)c1nc(Cn2c3c(sc2=O)CCCC3)no1. The second kappa shape index (κ2) is 4.92. The zero-order valence-electron chi connectivity index (χ0n) is 11.2. The molecule has 1 aliphatic rings. The van der Waals surface area contributed by atoms with Gasteiger partial charge in [0, 0.05) is 16.5 Å². The fourth-order valence-electron chi connectivity index (χ4n) is 2.40. The van der Waals surface area contributed by atoms with E-state index in [9.17, 15) is 4.79 Å². The summed E-state index contributed by atoms with van der Waals surface area (Å²) in [6, 6.07) is 0. The van der Waals surface area contributed by atoms with Gasteiger partial charge in [-0.3, -0.25) is 9.36 Å². The van der Waals surface area contributed by atoms with Gasteiger partial charge in [-0.1, -0.05) is 30.3 Å². The summed E-state index contributed by atoms with van der Waals surface area (Å²) >= 11 is 1.37. The van der Waals surface area contributed by atoms with Crippen LogP contribution in [0.5, 0.6) is 0 Å². The third-order valence-corrected chi connectivity index (χ3v) is 4.50. The molecule has 0 atom stereocenters. The average Bonchev–Trinajstić information content (AvgIpc) is 2.96. The first-order chi connectivity index (χ1) is 9.15. The lowest BCUT2D eigenvalue weighted by Gasteiger charge is -2.12. The maximum absolute atomic E-state index is 12.0. The molecule has 2 heterocycles. The van der Waals surface area contributed by atoms with Crippen LogP contribution in [0, 0.1) is 0 Å². The van der Waals surface area contributed by atoms with Crippen LogP contribution in [0.1, 0.15) is 54.9 Å². The molecule has 3 rings (SSSR count). The second-order valence-corrected chi connectivity index (χ2v) is 6.28. The van der Waals surface area contributed by atoms with Crippen LogP contribution >= 0.6 is 11.3 Å². The Labute approximate surface area is 115 Å². The van der Waals surface area contributed by atoms with Crippen LogP contribution < -0.4 is 4.87 Å². The fourth-order valence-corrected chi connectivity index (χ4v) is 3.47. The van der Waals surface area contributed by atoms with Gasteiger partial charge < -0.3 is 4.52 Å². The molecule has 0 N–H and O–H groups in total. The smallest absolute Gasteiger partial charge is 0.307 e. The number of aromatic nitrogens is 3. The summed E-state index contributed by atoms with van der Waals surface area (Å²) in [6.45, 7) is 4.45. The van der Waals surface area contributed by atoms with Crippen LogP contribution in [0.2, 0.25) is 0 Å². The molecule has 5 nitrogen and oxygen atoms in total. The molecule has 0 bridgehead atoms. The van der Waals surface area contributed by atoms with Gasteiger partial charge in [0.15, 0.2) is 5.82 Å². The number of aryl methyl sites for hydroxylation is 1. The van der Waals surface area contributed by atoms with Crippen LogP contribution in [0.4, 0.5) is 0 Å². The van der Waals surface area contributed by atoms with E-state index in [1.165, 1.54) is 28.3 Å². The van der Waals surface area contributed by atoms with Crippen molar-refractivity contribution in [1.82, 2.24) is 14.7 Å². The summed E-state index contributed by atoms with van der Waals surface area (Å²) in [4.78, 5) is 17.7. The highest BCUT2D eigenvalue weighted by atomic mass is 32.1. The minimum absolute atomic E-state index is 0.0998. The molecule has 0 radical (unpaired) electrons. The normalized spacial score (nSPS) is 14.9. The van der Waals surface area contributed by atoms with E-state index in [4.69, 9.17) is 4.52 Å². The van der Waals surface area contributed by atoms with Crippen molar-refractivity contribution >= 4 is 11.3 Å². The van der Waals surface area contributed by atoms with Crippen molar-refractivity contribution in [2.24, 2.45) is 0 Å². The Morgan fingerprint density at radius 2 is 2.16 bits per heavy atom. The number of nitrogens with zero attached hydrogens (tertiary/aromatic N) is 3. The van der Waals surface area contributed by atoms with E-state index in [1.807, 2.05) is 18.4 Å². The summed E-state index contributed by atoms with van der Waals surface area (Å²) in [6.07, 6.45) is 4.37. The van der Waals surface area contributed by atoms with Crippen molar-refractivity contribution in [2.45, 2.75) is 52.0 Å². The van der Waals surface area contributed by atoms with Gasteiger partial charge in [0.1, 0.15) is 0 Å². The summed E-state index contributed by atoms with van der Waals surface area (Å²) in [5.41, 5.74) is 1.18. The number of hydrogen-bond donors (Lipinski definition) is 0. The van der Waals surface area contributed by atoms with Gasteiger partial charge in [0.2, 0.25) is 5.89 Å². The van der Waals surface area contributed by atoms with Crippen molar-refractivity contribution in [3.05, 3.63) is 32.0 Å². The number of hydrogen-bond acceptors (Lipinski definition) is 5. The summed E-state index contributed by atoms with van der Waals surface area (Å²) in [7, 11) is 0. The third kappa shape index (κ3) is 2.36. The number of fused-ring (bicyclic) bond motifs is 1. The first-order valence-corrected chi connectivity index (χ1v) is 7.50. The lowest BCUT2D eigenvalue weighted by atomic mass is 10.0. The summed E-state index contributed by atoms with van der Waals surface area (Å²) in [5.74, 6) is 1.44. The molecule has 102 valence electrons. The highest BCUT2D eigenvalue weighted by Gasteiger charge is 2.19. The molecule has 2 aromatic heterocycles. The van der Waals surface area contributed by atoms with Gasteiger partial charge in [-0.25, -0.2) is 0 Å². The van der Waals surface area contributed by atoms with E-state index in [2.05, 4.69) is 10.1 Å². The van der Waals surface area contributed by atoms with Crippen LogP contribution in [0.15, 0.2) is 9.32 Å². The predicted molar refractivity (Wildman–Crippen MR) is 72.7 cm³/mol. The molecule has 19 heavy (non-hydrogen) atoms. The molecule has 1 aliphatic carbocycles. The van der Waals surface area contributed by atoms with E-state index in [0.717, 1.165) is 19.3 Å². The second-order valence-electron chi connectivity index (χ2n) is 5.23. The Balaban J connectivity index is 1.90.